The molecule has 1 aromatic carbocycles. The van der Waals surface area contributed by atoms with E-state index >= 15 is 0 Å². The third kappa shape index (κ3) is 3.88. The lowest BCUT2D eigenvalue weighted by molar-refractivity contribution is 0.283. The first-order chi connectivity index (χ1) is 7.25. The van der Waals surface area contributed by atoms with Gasteiger partial charge >= 0.3 is 0 Å². The standard InChI is InChI=1S/C12H18FNO/c1-10-6-5-7-11(13)12(10)14-8-3-2-4-9-15/h5-7,14-15H,2-4,8-9H2,1H3. The number of unbranched alkanes of at least 4 members (excludes halogenated alkanes) is 2. The van der Waals surface area contributed by atoms with Crippen LogP contribution in [0.5, 0.6) is 0 Å². The van der Waals surface area contributed by atoms with Gasteiger partial charge in [-0.15, -0.1) is 0 Å². The maximum Gasteiger partial charge on any atom is 0.146 e. The van der Waals surface area contributed by atoms with Gasteiger partial charge < -0.3 is 10.4 Å². The first-order valence-electron chi connectivity index (χ1n) is 5.35. The second kappa shape index (κ2) is 6.40. The fraction of sp³-hybridized carbons (Fsp3) is 0.500. The minimum absolute atomic E-state index is 0.197. The fourth-order valence-electron chi connectivity index (χ4n) is 1.48. The van der Waals surface area contributed by atoms with Crippen molar-refractivity contribution in [3.63, 3.8) is 0 Å². The Morgan fingerprint density at radius 3 is 2.73 bits per heavy atom. The summed E-state index contributed by atoms with van der Waals surface area (Å²) in [6.07, 6.45) is 2.74. The summed E-state index contributed by atoms with van der Waals surface area (Å²) in [5.41, 5.74) is 1.53. The summed E-state index contributed by atoms with van der Waals surface area (Å²) in [5, 5.41) is 11.7. The number of halogens is 1. The molecule has 2 nitrogen and oxygen atoms in total. The molecule has 0 spiro atoms. The fourth-order valence-corrected chi connectivity index (χ4v) is 1.48. The lowest BCUT2D eigenvalue weighted by Gasteiger charge is -2.09. The zero-order chi connectivity index (χ0) is 11.1. The molecule has 15 heavy (non-hydrogen) atoms. The van der Waals surface area contributed by atoms with Gasteiger partial charge in [-0.3, -0.25) is 0 Å². The Morgan fingerprint density at radius 2 is 2.07 bits per heavy atom. The van der Waals surface area contributed by atoms with E-state index in [1.54, 1.807) is 6.07 Å². The Hall–Kier alpha value is -1.09. The van der Waals surface area contributed by atoms with Gasteiger partial charge in [0.2, 0.25) is 0 Å². The summed E-state index contributed by atoms with van der Waals surface area (Å²) < 4.78 is 13.3. The number of nitrogens with one attached hydrogen (secondary N) is 1. The number of aliphatic hydroxyl groups excluding tert-OH is 1. The van der Waals surface area contributed by atoms with Gasteiger partial charge in [-0.05, 0) is 37.8 Å². The molecule has 84 valence electrons. The second-order valence-corrected chi connectivity index (χ2v) is 3.64. The van der Waals surface area contributed by atoms with E-state index in [2.05, 4.69) is 5.32 Å². The smallest absolute Gasteiger partial charge is 0.146 e. The molecule has 0 heterocycles. The highest BCUT2D eigenvalue weighted by atomic mass is 19.1. The highest BCUT2D eigenvalue weighted by molar-refractivity contribution is 5.51. The number of rotatable bonds is 6. The predicted octanol–water partition coefficient (Wildman–Crippen LogP) is 2.71. The maximum atomic E-state index is 13.3. The van der Waals surface area contributed by atoms with E-state index < -0.39 is 0 Å². The molecule has 0 aliphatic heterocycles. The molecule has 0 radical (unpaired) electrons. The van der Waals surface area contributed by atoms with E-state index in [0.717, 1.165) is 31.4 Å². The molecule has 0 fully saturated rings. The van der Waals surface area contributed by atoms with Crippen LogP contribution < -0.4 is 5.32 Å². The second-order valence-electron chi connectivity index (χ2n) is 3.64. The molecule has 0 amide bonds. The molecule has 0 saturated heterocycles. The Labute approximate surface area is 90.1 Å². The SMILES string of the molecule is Cc1cccc(F)c1NCCCCCO. The van der Waals surface area contributed by atoms with Crippen LogP contribution in [0.1, 0.15) is 24.8 Å². The van der Waals surface area contributed by atoms with Gasteiger partial charge in [0.25, 0.3) is 0 Å². The Morgan fingerprint density at radius 1 is 1.27 bits per heavy atom. The van der Waals surface area contributed by atoms with Crippen molar-refractivity contribution in [1.82, 2.24) is 0 Å². The van der Waals surface area contributed by atoms with Crippen LogP contribution in [0.25, 0.3) is 0 Å². The van der Waals surface area contributed by atoms with E-state index in [4.69, 9.17) is 5.11 Å². The summed E-state index contributed by atoms with van der Waals surface area (Å²) in [6, 6.07) is 5.06. The van der Waals surface area contributed by atoms with Crippen molar-refractivity contribution in [2.75, 3.05) is 18.5 Å². The zero-order valence-electron chi connectivity index (χ0n) is 9.09. The lowest BCUT2D eigenvalue weighted by atomic mass is 10.2. The zero-order valence-corrected chi connectivity index (χ0v) is 9.09. The van der Waals surface area contributed by atoms with E-state index in [9.17, 15) is 4.39 Å². The summed E-state index contributed by atoms with van der Waals surface area (Å²) in [5.74, 6) is -0.197. The van der Waals surface area contributed by atoms with E-state index in [-0.39, 0.29) is 12.4 Å². The number of para-hydroxylation sites is 1. The number of hydrogen-bond donors (Lipinski definition) is 2. The average molecular weight is 211 g/mol. The molecule has 0 aliphatic rings. The van der Waals surface area contributed by atoms with Crippen molar-refractivity contribution < 1.29 is 9.50 Å². The van der Waals surface area contributed by atoms with Crippen LogP contribution in [0.15, 0.2) is 18.2 Å². The normalized spacial score (nSPS) is 10.3. The third-order valence-electron chi connectivity index (χ3n) is 2.36. The lowest BCUT2D eigenvalue weighted by Crippen LogP contribution is -2.05. The van der Waals surface area contributed by atoms with Crippen LogP contribution in [0.2, 0.25) is 0 Å². The van der Waals surface area contributed by atoms with Crippen LogP contribution >= 0.6 is 0 Å². The van der Waals surface area contributed by atoms with Gasteiger partial charge in [-0.25, -0.2) is 4.39 Å². The summed E-state index contributed by atoms with van der Waals surface area (Å²) >= 11 is 0. The molecule has 0 saturated carbocycles. The molecule has 3 heteroatoms. The van der Waals surface area contributed by atoms with Crippen molar-refractivity contribution in [3.8, 4) is 0 Å². The van der Waals surface area contributed by atoms with Gasteiger partial charge in [0.05, 0.1) is 5.69 Å². The number of anilines is 1. The van der Waals surface area contributed by atoms with Crippen LogP contribution in [0, 0.1) is 12.7 Å². The van der Waals surface area contributed by atoms with Gasteiger partial charge in [-0.2, -0.15) is 0 Å². The highest BCUT2D eigenvalue weighted by Crippen LogP contribution is 2.18. The molecule has 0 bridgehead atoms. The van der Waals surface area contributed by atoms with Gasteiger partial charge in [-0.1, -0.05) is 12.1 Å². The monoisotopic (exact) mass is 211 g/mol. The van der Waals surface area contributed by atoms with E-state index in [0.29, 0.717) is 5.69 Å². The van der Waals surface area contributed by atoms with Gasteiger partial charge in [0.15, 0.2) is 0 Å². The molecule has 1 aromatic rings. The van der Waals surface area contributed by atoms with Crippen LogP contribution in [0.3, 0.4) is 0 Å². The van der Waals surface area contributed by atoms with Gasteiger partial charge in [0, 0.05) is 13.2 Å². The molecule has 0 aliphatic carbocycles. The van der Waals surface area contributed by atoms with Crippen molar-refractivity contribution in [2.24, 2.45) is 0 Å². The summed E-state index contributed by atoms with van der Waals surface area (Å²) in [4.78, 5) is 0. The van der Waals surface area contributed by atoms with E-state index in [1.807, 2.05) is 13.0 Å². The molecule has 0 unspecified atom stereocenters. The molecule has 0 aromatic heterocycles. The molecule has 2 N–H and O–H groups in total. The average Bonchev–Trinajstić information content (AvgIpc) is 2.21. The largest absolute Gasteiger partial charge is 0.396 e. The highest BCUT2D eigenvalue weighted by Gasteiger charge is 2.03. The van der Waals surface area contributed by atoms with Crippen LogP contribution in [0.4, 0.5) is 10.1 Å². The van der Waals surface area contributed by atoms with Crippen molar-refractivity contribution >= 4 is 5.69 Å². The van der Waals surface area contributed by atoms with Crippen LogP contribution in [-0.4, -0.2) is 18.3 Å². The predicted molar refractivity (Wildman–Crippen MR) is 60.6 cm³/mol. The van der Waals surface area contributed by atoms with E-state index in [1.165, 1.54) is 6.07 Å². The minimum atomic E-state index is -0.197. The summed E-state index contributed by atoms with van der Waals surface area (Å²) in [7, 11) is 0. The van der Waals surface area contributed by atoms with Crippen molar-refractivity contribution in [3.05, 3.63) is 29.6 Å². The first-order valence-corrected chi connectivity index (χ1v) is 5.35. The first kappa shape index (κ1) is 12.0. The molecule has 0 atom stereocenters. The number of benzene rings is 1. The number of aryl methyl sites for hydroxylation is 1. The third-order valence-corrected chi connectivity index (χ3v) is 2.36. The molecular formula is C12H18FNO. The van der Waals surface area contributed by atoms with Crippen molar-refractivity contribution in [1.29, 1.82) is 0 Å². The minimum Gasteiger partial charge on any atom is -0.396 e. The molecule has 1 rings (SSSR count). The summed E-state index contributed by atoms with van der Waals surface area (Å²) in [6.45, 7) is 2.87. The number of aliphatic hydroxyl groups is 1. The Bertz CT molecular complexity index is 281. The van der Waals surface area contributed by atoms with Crippen molar-refractivity contribution in [2.45, 2.75) is 26.2 Å². The topological polar surface area (TPSA) is 32.3 Å². The quantitative estimate of drug-likeness (QED) is 0.709. The maximum absolute atomic E-state index is 13.3. The Kier molecular flexibility index (Phi) is 5.12. The van der Waals surface area contributed by atoms with Crippen LogP contribution in [-0.2, 0) is 0 Å². The van der Waals surface area contributed by atoms with Gasteiger partial charge in [0.1, 0.15) is 5.82 Å². The number of hydrogen-bond acceptors (Lipinski definition) is 2. The molecular weight excluding hydrogens is 193 g/mol. The Balaban J connectivity index is 2.37.